The number of hydrogen-bond donors (Lipinski definition) is 1. The second-order valence-electron chi connectivity index (χ2n) is 5.29. The van der Waals surface area contributed by atoms with E-state index in [1.165, 1.54) is 11.5 Å². The van der Waals surface area contributed by atoms with Crippen LogP contribution in [0.5, 0.6) is 11.5 Å². The third-order valence-corrected chi connectivity index (χ3v) is 4.48. The SMILES string of the molecule is COc1cc(OC)cc(N2CCC(Nc3nc(C)ns3)C2)c1. The molecule has 0 radical (unpaired) electrons. The van der Waals surface area contributed by atoms with Gasteiger partial charge in [0.25, 0.3) is 0 Å². The summed E-state index contributed by atoms with van der Waals surface area (Å²) in [5.41, 5.74) is 1.12. The summed E-state index contributed by atoms with van der Waals surface area (Å²) in [6.45, 7) is 3.83. The van der Waals surface area contributed by atoms with E-state index in [0.717, 1.165) is 47.7 Å². The Kier molecular flexibility index (Phi) is 4.33. The third-order valence-electron chi connectivity index (χ3n) is 3.74. The van der Waals surface area contributed by atoms with Crippen molar-refractivity contribution < 1.29 is 9.47 Å². The Hall–Kier alpha value is -2.02. The smallest absolute Gasteiger partial charge is 0.202 e. The van der Waals surface area contributed by atoms with Gasteiger partial charge in [-0.15, -0.1) is 0 Å². The lowest BCUT2D eigenvalue weighted by Crippen LogP contribution is -2.26. The van der Waals surface area contributed by atoms with E-state index in [1.54, 1.807) is 14.2 Å². The molecule has 6 nitrogen and oxygen atoms in total. The van der Waals surface area contributed by atoms with Crippen molar-refractivity contribution in [3.8, 4) is 11.5 Å². The fraction of sp³-hybridized carbons (Fsp3) is 0.467. The van der Waals surface area contributed by atoms with E-state index in [2.05, 4.69) is 19.6 Å². The van der Waals surface area contributed by atoms with Crippen LogP contribution in [0.1, 0.15) is 12.2 Å². The van der Waals surface area contributed by atoms with Crippen LogP contribution < -0.4 is 19.7 Å². The Morgan fingerprint density at radius 1 is 1.23 bits per heavy atom. The van der Waals surface area contributed by atoms with Gasteiger partial charge in [-0.3, -0.25) is 0 Å². The number of rotatable bonds is 5. The van der Waals surface area contributed by atoms with Crippen molar-refractivity contribution in [2.75, 3.05) is 37.5 Å². The second kappa shape index (κ2) is 6.39. The Labute approximate surface area is 134 Å². The van der Waals surface area contributed by atoms with E-state index in [0.29, 0.717) is 6.04 Å². The number of anilines is 2. The molecular weight excluding hydrogens is 300 g/mol. The van der Waals surface area contributed by atoms with Gasteiger partial charge in [0, 0.05) is 54.6 Å². The summed E-state index contributed by atoms with van der Waals surface area (Å²) in [4.78, 5) is 6.69. The molecule has 0 bridgehead atoms. The summed E-state index contributed by atoms with van der Waals surface area (Å²) >= 11 is 1.41. The zero-order chi connectivity index (χ0) is 15.5. The van der Waals surface area contributed by atoms with Crippen molar-refractivity contribution in [1.29, 1.82) is 0 Å². The molecule has 7 heteroatoms. The molecule has 1 unspecified atom stereocenters. The zero-order valence-electron chi connectivity index (χ0n) is 13.0. The highest BCUT2D eigenvalue weighted by molar-refractivity contribution is 7.09. The fourth-order valence-electron chi connectivity index (χ4n) is 2.62. The van der Waals surface area contributed by atoms with Gasteiger partial charge in [-0.2, -0.15) is 4.37 Å². The molecule has 1 aromatic carbocycles. The summed E-state index contributed by atoms with van der Waals surface area (Å²) in [6.07, 6.45) is 1.07. The first-order valence-corrected chi connectivity index (χ1v) is 8.00. The van der Waals surface area contributed by atoms with Crippen LogP contribution in [-0.4, -0.2) is 42.7 Å². The van der Waals surface area contributed by atoms with Gasteiger partial charge in [-0.1, -0.05) is 0 Å². The fourth-order valence-corrected chi connectivity index (χ4v) is 3.27. The molecule has 1 saturated heterocycles. The van der Waals surface area contributed by atoms with Crippen LogP contribution in [0.15, 0.2) is 18.2 Å². The first-order chi connectivity index (χ1) is 10.7. The molecule has 2 aromatic rings. The van der Waals surface area contributed by atoms with Gasteiger partial charge in [0.15, 0.2) is 0 Å². The van der Waals surface area contributed by atoms with Gasteiger partial charge in [0.05, 0.1) is 14.2 Å². The molecule has 1 N–H and O–H groups in total. The minimum atomic E-state index is 0.379. The molecule has 1 aromatic heterocycles. The van der Waals surface area contributed by atoms with E-state index >= 15 is 0 Å². The maximum absolute atomic E-state index is 5.34. The molecule has 0 amide bonds. The molecule has 1 aliphatic rings. The Bertz CT molecular complexity index is 624. The van der Waals surface area contributed by atoms with Crippen LogP contribution in [0.3, 0.4) is 0 Å². The highest BCUT2D eigenvalue weighted by Gasteiger charge is 2.24. The lowest BCUT2D eigenvalue weighted by atomic mass is 10.2. The number of nitrogens with one attached hydrogen (secondary N) is 1. The van der Waals surface area contributed by atoms with Gasteiger partial charge < -0.3 is 19.7 Å². The molecule has 118 valence electrons. The molecule has 1 atom stereocenters. The number of methoxy groups -OCH3 is 2. The number of aryl methyl sites for hydroxylation is 1. The topological polar surface area (TPSA) is 59.5 Å². The number of nitrogens with zero attached hydrogens (tertiary/aromatic N) is 3. The van der Waals surface area contributed by atoms with Gasteiger partial charge >= 0.3 is 0 Å². The van der Waals surface area contributed by atoms with E-state index < -0.39 is 0 Å². The van der Waals surface area contributed by atoms with Gasteiger partial charge in [0.1, 0.15) is 17.3 Å². The van der Waals surface area contributed by atoms with Crippen molar-refractivity contribution >= 4 is 22.4 Å². The highest BCUT2D eigenvalue weighted by Crippen LogP contribution is 2.31. The first kappa shape index (κ1) is 14.9. The largest absolute Gasteiger partial charge is 0.497 e. The Morgan fingerprint density at radius 2 is 1.95 bits per heavy atom. The number of benzene rings is 1. The molecule has 2 heterocycles. The van der Waals surface area contributed by atoms with Crippen LogP contribution in [0.25, 0.3) is 0 Å². The van der Waals surface area contributed by atoms with Gasteiger partial charge in [0.2, 0.25) is 5.13 Å². The predicted octanol–water partition coefficient (Wildman–Crippen LogP) is 2.55. The standard InChI is InChI=1S/C15H20N4O2S/c1-10-16-15(22-18-10)17-11-4-5-19(9-11)12-6-13(20-2)8-14(7-12)21-3/h6-8,11H,4-5,9H2,1-3H3,(H,16,17,18). The molecule has 0 spiro atoms. The monoisotopic (exact) mass is 320 g/mol. The first-order valence-electron chi connectivity index (χ1n) is 7.23. The van der Waals surface area contributed by atoms with Crippen molar-refractivity contribution in [2.45, 2.75) is 19.4 Å². The maximum Gasteiger partial charge on any atom is 0.202 e. The van der Waals surface area contributed by atoms with Crippen LogP contribution in [0.2, 0.25) is 0 Å². The van der Waals surface area contributed by atoms with Crippen LogP contribution in [-0.2, 0) is 0 Å². The number of aromatic nitrogens is 2. The number of hydrogen-bond acceptors (Lipinski definition) is 7. The van der Waals surface area contributed by atoms with Crippen LogP contribution in [0.4, 0.5) is 10.8 Å². The Balaban J connectivity index is 1.69. The Morgan fingerprint density at radius 3 is 2.55 bits per heavy atom. The van der Waals surface area contributed by atoms with Crippen molar-refractivity contribution in [2.24, 2.45) is 0 Å². The van der Waals surface area contributed by atoms with Gasteiger partial charge in [-0.25, -0.2) is 4.98 Å². The summed E-state index contributed by atoms with van der Waals surface area (Å²) in [6, 6.07) is 6.35. The van der Waals surface area contributed by atoms with Gasteiger partial charge in [-0.05, 0) is 13.3 Å². The molecule has 1 aliphatic heterocycles. The summed E-state index contributed by atoms with van der Waals surface area (Å²) in [5, 5.41) is 4.36. The second-order valence-corrected chi connectivity index (χ2v) is 6.05. The van der Waals surface area contributed by atoms with E-state index in [-0.39, 0.29) is 0 Å². The molecule has 0 saturated carbocycles. The summed E-state index contributed by atoms with van der Waals surface area (Å²) < 4.78 is 14.9. The van der Waals surface area contributed by atoms with Crippen LogP contribution in [0, 0.1) is 6.92 Å². The molecule has 22 heavy (non-hydrogen) atoms. The molecule has 3 rings (SSSR count). The summed E-state index contributed by atoms with van der Waals surface area (Å²) in [5.74, 6) is 2.44. The van der Waals surface area contributed by atoms with E-state index in [4.69, 9.17) is 9.47 Å². The maximum atomic E-state index is 5.34. The highest BCUT2D eigenvalue weighted by atomic mass is 32.1. The number of ether oxygens (including phenoxy) is 2. The normalized spacial score (nSPS) is 17.6. The lowest BCUT2D eigenvalue weighted by Gasteiger charge is -2.20. The van der Waals surface area contributed by atoms with E-state index in [1.807, 2.05) is 25.1 Å². The average molecular weight is 320 g/mol. The summed E-state index contributed by atoms with van der Waals surface area (Å²) in [7, 11) is 3.34. The lowest BCUT2D eigenvalue weighted by molar-refractivity contribution is 0.394. The quantitative estimate of drug-likeness (QED) is 0.913. The van der Waals surface area contributed by atoms with Crippen molar-refractivity contribution in [3.63, 3.8) is 0 Å². The van der Waals surface area contributed by atoms with Crippen molar-refractivity contribution in [1.82, 2.24) is 9.36 Å². The molecule has 0 aliphatic carbocycles. The van der Waals surface area contributed by atoms with Crippen molar-refractivity contribution in [3.05, 3.63) is 24.0 Å². The average Bonchev–Trinajstić information content (AvgIpc) is 3.16. The predicted molar refractivity (Wildman–Crippen MR) is 88.4 cm³/mol. The third kappa shape index (κ3) is 3.24. The molecular formula is C15H20N4O2S. The minimum absolute atomic E-state index is 0.379. The minimum Gasteiger partial charge on any atom is -0.497 e. The zero-order valence-corrected chi connectivity index (χ0v) is 13.8. The van der Waals surface area contributed by atoms with E-state index in [9.17, 15) is 0 Å². The molecule has 1 fully saturated rings. The van der Waals surface area contributed by atoms with Crippen LogP contribution >= 0.6 is 11.5 Å².